The summed E-state index contributed by atoms with van der Waals surface area (Å²) in [6, 6.07) is 0. The van der Waals surface area contributed by atoms with Crippen molar-refractivity contribution in [1.82, 2.24) is 0 Å². The average molecular weight is 374 g/mol. The lowest BCUT2D eigenvalue weighted by atomic mass is 9.42. The number of rotatable bonds is 1. The Morgan fingerprint density at radius 2 is 2.04 bits per heavy atom. The maximum atomic E-state index is 12.5. The number of carbonyl (C=O) groups is 2. The zero-order chi connectivity index (χ0) is 19.6. The Morgan fingerprint density at radius 1 is 1.30 bits per heavy atom. The van der Waals surface area contributed by atoms with Crippen LogP contribution in [-0.4, -0.2) is 40.8 Å². The number of hydrogen-bond donors (Lipinski definition) is 2. The number of hydrogen-bond acceptors (Lipinski definition) is 5. The molecule has 4 aliphatic carbocycles. The standard InChI is InChI=1S/C22H30O5/c1-20-10-8-14(23)11-13(20)6-7-15-16-5-4-9-22(26,19(25)27-3)21(16,2)12-17(24)18(15)20/h8,10-11,15-18,24,26H,4-7,9,12H2,1-3H3. The lowest BCUT2D eigenvalue weighted by Gasteiger charge is -2.63. The van der Waals surface area contributed by atoms with Crippen LogP contribution >= 0.6 is 0 Å². The van der Waals surface area contributed by atoms with Gasteiger partial charge >= 0.3 is 5.97 Å². The van der Waals surface area contributed by atoms with E-state index in [1.807, 2.05) is 13.0 Å². The lowest BCUT2D eigenvalue weighted by Crippen LogP contribution is -2.66. The van der Waals surface area contributed by atoms with Crippen molar-refractivity contribution in [3.63, 3.8) is 0 Å². The fraction of sp³-hybridized carbons (Fsp3) is 0.727. The monoisotopic (exact) mass is 374 g/mol. The first-order chi connectivity index (χ1) is 12.7. The SMILES string of the molecule is COC(=O)C1(O)CCCC2C3CCC4=CC(=O)C=CC4(C)C3C(O)CC21C. The fourth-order valence-corrected chi connectivity index (χ4v) is 7.05. The summed E-state index contributed by atoms with van der Waals surface area (Å²) in [5.41, 5.74) is -1.48. The molecule has 27 heavy (non-hydrogen) atoms. The Balaban J connectivity index is 1.76. The third kappa shape index (κ3) is 2.37. The van der Waals surface area contributed by atoms with E-state index in [0.29, 0.717) is 12.8 Å². The zero-order valence-corrected chi connectivity index (χ0v) is 16.4. The van der Waals surface area contributed by atoms with Crippen molar-refractivity contribution in [1.29, 1.82) is 0 Å². The topological polar surface area (TPSA) is 83.8 Å². The number of esters is 1. The molecule has 3 saturated carbocycles. The first kappa shape index (κ1) is 18.9. The third-order valence-electron chi connectivity index (χ3n) is 8.41. The smallest absolute Gasteiger partial charge is 0.338 e. The van der Waals surface area contributed by atoms with Crippen molar-refractivity contribution in [2.75, 3.05) is 7.11 Å². The van der Waals surface area contributed by atoms with Gasteiger partial charge in [-0.2, -0.15) is 0 Å². The van der Waals surface area contributed by atoms with E-state index in [-0.39, 0.29) is 29.0 Å². The first-order valence-electron chi connectivity index (χ1n) is 10.1. The van der Waals surface area contributed by atoms with Crippen LogP contribution in [0.3, 0.4) is 0 Å². The molecule has 0 aromatic rings. The largest absolute Gasteiger partial charge is 0.467 e. The number of ketones is 1. The van der Waals surface area contributed by atoms with Gasteiger partial charge in [-0.05, 0) is 62.5 Å². The summed E-state index contributed by atoms with van der Waals surface area (Å²) in [6.07, 6.45) is 8.87. The van der Waals surface area contributed by atoms with E-state index in [1.54, 1.807) is 12.2 Å². The van der Waals surface area contributed by atoms with E-state index in [0.717, 1.165) is 31.3 Å². The van der Waals surface area contributed by atoms with Gasteiger partial charge in [0.25, 0.3) is 0 Å². The summed E-state index contributed by atoms with van der Waals surface area (Å²) >= 11 is 0. The molecule has 0 aromatic heterocycles. The van der Waals surface area contributed by atoms with Crippen molar-refractivity contribution in [3.05, 3.63) is 23.8 Å². The van der Waals surface area contributed by atoms with Crippen LogP contribution in [0.2, 0.25) is 0 Å². The van der Waals surface area contributed by atoms with Crippen molar-refractivity contribution < 1.29 is 24.5 Å². The molecule has 5 heteroatoms. The highest BCUT2D eigenvalue weighted by molar-refractivity contribution is 6.01. The quantitative estimate of drug-likeness (QED) is 0.689. The minimum Gasteiger partial charge on any atom is -0.467 e. The van der Waals surface area contributed by atoms with Crippen LogP contribution in [0.25, 0.3) is 0 Å². The number of ether oxygens (including phenoxy) is 1. The predicted molar refractivity (Wildman–Crippen MR) is 99.6 cm³/mol. The summed E-state index contributed by atoms with van der Waals surface area (Å²) in [5.74, 6) is -0.205. The molecule has 0 aromatic carbocycles. The third-order valence-corrected chi connectivity index (χ3v) is 8.41. The van der Waals surface area contributed by atoms with Crippen molar-refractivity contribution in [3.8, 4) is 0 Å². The van der Waals surface area contributed by atoms with Gasteiger partial charge in [0, 0.05) is 16.7 Å². The van der Waals surface area contributed by atoms with E-state index < -0.39 is 23.1 Å². The molecule has 4 aliphatic rings. The molecule has 7 unspecified atom stereocenters. The van der Waals surface area contributed by atoms with Gasteiger partial charge in [-0.3, -0.25) is 4.79 Å². The van der Waals surface area contributed by atoms with Gasteiger partial charge in [-0.25, -0.2) is 4.79 Å². The van der Waals surface area contributed by atoms with Gasteiger partial charge in [-0.15, -0.1) is 0 Å². The molecule has 0 spiro atoms. The van der Waals surface area contributed by atoms with E-state index in [9.17, 15) is 19.8 Å². The second-order valence-corrected chi connectivity index (χ2v) is 9.46. The highest BCUT2D eigenvalue weighted by Gasteiger charge is 2.66. The average Bonchev–Trinajstić information content (AvgIpc) is 2.62. The van der Waals surface area contributed by atoms with Gasteiger partial charge in [0.2, 0.25) is 0 Å². The number of fused-ring (bicyclic) bond motifs is 5. The van der Waals surface area contributed by atoms with Crippen molar-refractivity contribution >= 4 is 11.8 Å². The van der Waals surface area contributed by atoms with Crippen LogP contribution in [0.4, 0.5) is 0 Å². The molecule has 3 fully saturated rings. The number of carbonyl (C=O) groups excluding carboxylic acids is 2. The predicted octanol–water partition coefficient (Wildman–Crippen LogP) is 2.56. The van der Waals surface area contributed by atoms with Crippen molar-refractivity contribution in [2.45, 2.75) is 64.1 Å². The van der Waals surface area contributed by atoms with Gasteiger partial charge < -0.3 is 14.9 Å². The second kappa shape index (κ2) is 6.02. The second-order valence-electron chi connectivity index (χ2n) is 9.46. The van der Waals surface area contributed by atoms with Crippen LogP contribution in [0.5, 0.6) is 0 Å². The van der Waals surface area contributed by atoms with Gasteiger partial charge in [0.15, 0.2) is 11.4 Å². The maximum Gasteiger partial charge on any atom is 0.338 e. The number of aliphatic hydroxyl groups is 2. The molecular weight excluding hydrogens is 344 g/mol. The zero-order valence-electron chi connectivity index (χ0n) is 16.4. The van der Waals surface area contributed by atoms with Crippen LogP contribution < -0.4 is 0 Å². The minimum atomic E-state index is -1.55. The normalized spacial score (nSPS) is 48.8. The number of methoxy groups -OCH3 is 1. The van der Waals surface area contributed by atoms with Crippen molar-refractivity contribution in [2.24, 2.45) is 28.6 Å². The summed E-state index contributed by atoms with van der Waals surface area (Å²) in [5, 5.41) is 22.6. The summed E-state index contributed by atoms with van der Waals surface area (Å²) in [4.78, 5) is 24.4. The van der Waals surface area contributed by atoms with E-state index in [4.69, 9.17) is 4.74 Å². The molecule has 0 heterocycles. The van der Waals surface area contributed by atoms with E-state index in [1.165, 1.54) is 7.11 Å². The first-order valence-corrected chi connectivity index (χ1v) is 10.1. The maximum absolute atomic E-state index is 12.5. The Labute approximate surface area is 160 Å². The van der Waals surface area contributed by atoms with E-state index >= 15 is 0 Å². The molecule has 7 atom stereocenters. The molecular formula is C22H30O5. The van der Waals surface area contributed by atoms with Gasteiger partial charge in [-0.1, -0.05) is 25.5 Å². The highest BCUT2D eigenvalue weighted by Crippen LogP contribution is 2.65. The molecule has 148 valence electrons. The summed E-state index contributed by atoms with van der Waals surface area (Å²) in [7, 11) is 1.32. The van der Waals surface area contributed by atoms with Crippen LogP contribution in [0.15, 0.2) is 23.8 Å². The molecule has 0 aliphatic heterocycles. The van der Waals surface area contributed by atoms with Crippen LogP contribution in [0.1, 0.15) is 52.4 Å². The number of allylic oxidation sites excluding steroid dienone is 4. The number of aliphatic hydroxyl groups excluding tert-OH is 1. The Bertz CT molecular complexity index is 739. The summed E-state index contributed by atoms with van der Waals surface area (Å²) < 4.78 is 4.97. The molecule has 0 bridgehead atoms. The molecule has 0 amide bonds. The van der Waals surface area contributed by atoms with Gasteiger partial charge in [0.05, 0.1) is 13.2 Å². The highest BCUT2D eigenvalue weighted by atomic mass is 16.5. The molecule has 0 saturated heterocycles. The van der Waals surface area contributed by atoms with Crippen LogP contribution in [-0.2, 0) is 14.3 Å². The molecule has 2 N–H and O–H groups in total. The molecule has 4 rings (SSSR count). The van der Waals surface area contributed by atoms with Gasteiger partial charge in [0.1, 0.15) is 0 Å². The Kier molecular flexibility index (Phi) is 4.21. The Hall–Kier alpha value is -1.46. The molecule has 0 radical (unpaired) electrons. The Morgan fingerprint density at radius 3 is 2.74 bits per heavy atom. The fourth-order valence-electron chi connectivity index (χ4n) is 7.05. The van der Waals surface area contributed by atoms with E-state index in [2.05, 4.69) is 6.92 Å². The summed E-state index contributed by atoms with van der Waals surface area (Å²) in [6.45, 7) is 4.08. The minimum absolute atomic E-state index is 0.0000723. The van der Waals surface area contributed by atoms with Crippen LogP contribution in [0, 0.1) is 28.6 Å². The lowest BCUT2D eigenvalue weighted by molar-refractivity contribution is -0.227. The molecule has 5 nitrogen and oxygen atoms in total.